The molecule has 0 saturated carbocycles. The Kier molecular flexibility index (Phi) is 4.40. The molecular weight excluding hydrogens is 301 g/mol. The summed E-state index contributed by atoms with van der Waals surface area (Å²) in [5.74, 6) is -0.854. The van der Waals surface area contributed by atoms with Crippen molar-refractivity contribution in [3.63, 3.8) is 0 Å². The largest absolute Gasteiger partial charge is 0.452 e. The predicted molar refractivity (Wildman–Crippen MR) is 75.2 cm³/mol. The minimum Gasteiger partial charge on any atom is -0.452 e. The number of hydrogen-bond donors (Lipinski definition) is 1. The molecule has 0 heterocycles. The minimum atomic E-state index is -0.810. The first-order valence-corrected chi connectivity index (χ1v) is 6.35. The van der Waals surface area contributed by atoms with Crippen molar-refractivity contribution in [1.29, 1.82) is 0 Å². The Morgan fingerprint density at radius 1 is 1.29 bits per heavy atom. The van der Waals surface area contributed by atoms with Gasteiger partial charge in [0.05, 0.1) is 22.1 Å². The zero-order valence-electron chi connectivity index (χ0n) is 10.9. The maximum Gasteiger partial charge on any atom is 0.273 e. The standard InChI is InChI=1S/C14H11ClFNO4/c1-8(18)9-2-5-13(12(16)6-9)21-14-7-10(17(19)20)3-4-11(14)15/h2-8,18H,1H3. The maximum absolute atomic E-state index is 13.9. The van der Waals surface area contributed by atoms with E-state index < -0.39 is 16.8 Å². The van der Waals surface area contributed by atoms with Gasteiger partial charge in [0.2, 0.25) is 0 Å². The van der Waals surface area contributed by atoms with Crippen LogP contribution in [0.25, 0.3) is 0 Å². The molecular formula is C14H11ClFNO4. The summed E-state index contributed by atoms with van der Waals surface area (Å²) in [6, 6.07) is 7.59. The number of benzene rings is 2. The number of nitro groups is 1. The van der Waals surface area contributed by atoms with Crippen LogP contribution in [-0.2, 0) is 0 Å². The van der Waals surface area contributed by atoms with E-state index in [4.69, 9.17) is 16.3 Å². The lowest BCUT2D eigenvalue weighted by Gasteiger charge is -2.10. The number of nitrogens with zero attached hydrogens (tertiary/aromatic N) is 1. The first-order valence-electron chi connectivity index (χ1n) is 5.98. The lowest BCUT2D eigenvalue weighted by Crippen LogP contribution is -1.95. The van der Waals surface area contributed by atoms with Crippen molar-refractivity contribution in [2.24, 2.45) is 0 Å². The second-order valence-corrected chi connectivity index (χ2v) is 4.75. The first kappa shape index (κ1) is 15.2. The van der Waals surface area contributed by atoms with Gasteiger partial charge in [-0.05, 0) is 30.7 Å². The van der Waals surface area contributed by atoms with E-state index in [1.165, 1.54) is 31.2 Å². The highest BCUT2D eigenvalue weighted by Crippen LogP contribution is 2.34. The van der Waals surface area contributed by atoms with Crippen molar-refractivity contribution in [3.05, 3.63) is 62.9 Å². The molecule has 1 N–H and O–H groups in total. The highest BCUT2D eigenvalue weighted by Gasteiger charge is 2.14. The van der Waals surface area contributed by atoms with E-state index in [2.05, 4.69) is 0 Å². The maximum atomic E-state index is 13.9. The number of rotatable bonds is 4. The van der Waals surface area contributed by atoms with Crippen molar-refractivity contribution < 1.29 is 19.2 Å². The van der Waals surface area contributed by atoms with E-state index in [-0.39, 0.29) is 22.2 Å². The molecule has 0 saturated heterocycles. The molecule has 21 heavy (non-hydrogen) atoms. The lowest BCUT2D eigenvalue weighted by molar-refractivity contribution is -0.384. The molecule has 110 valence electrons. The summed E-state index contributed by atoms with van der Waals surface area (Å²) in [5, 5.41) is 20.2. The second-order valence-electron chi connectivity index (χ2n) is 4.34. The first-order chi connectivity index (χ1) is 9.88. The summed E-state index contributed by atoms with van der Waals surface area (Å²) in [7, 11) is 0. The molecule has 0 fully saturated rings. The van der Waals surface area contributed by atoms with Crippen LogP contribution in [0.2, 0.25) is 5.02 Å². The van der Waals surface area contributed by atoms with Gasteiger partial charge in [0, 0.05) is 6.07 Å². The van der Waals surface area contributed by atoms with E-state index in [9.17, 15) is 19.6 Å². The highest BCUT2D eigenvalue weighted by molar-refractivity contribution is 6.32. The van der Waals surface area contributed by atoms with Crippen LogP contribution in [0, 0.1) is 15.9 Å². The topological polar surface area (TPSA) is 72.6 Å². The summed E-state index contributed by atoms with van der Waals surface area (Å²) >= 11 is 5.87. The van der Waals surface area contributed by atoms with Gasteiger partial charge in [-0.3, -0.25) is 10.1 Å². The average Bonchev–Trinajstić information content (AvgIpc) is 2.42. The minimum absolute atomic E-state index is 0.0189. The molecule has 0 aliphatic rings. The average molecular weight is 312 g/mol. The van der Waals surface area contributed by atoms with E-state index >= 15 is 0 Å². The number of hydrogen-bond acceptors (Lipinski definition) is 4. The van der Waals surface area contributed by atoms with Gasteiger partial charge < -0.3 is 9.84 Å². The van der Waals surface area contributed by atoms with Crippen LogP contribution < -0.4 is 4.74 Å². The molecule has 5 nitrogen and oxygen atoms in total. The molecule has 2 rings (SSSR count). The molecule has 0 spiro atoms. The van der Waals surface area contributed by atoms with Crippen LogP contribution >= 0.6 is 11.6 Å². The zero-order chi connectivity index (χ0) is 15.6. The van der Waals surface area contributed by atoms with Crippen LogP contribution in [0.5, 0.6) is 11.5 Å². The SMILES string of the molecule is CC(O)c1ccc(Oc2cc([N+](=O)[O-])ccc2Cl)c(F)c1. The Bertz CT molecular complexity index is 691. The molecule has 1 atom stereocenters. The quantitative estimate of drug-likeness (QED) is 0.677. The van der Waals surface area contributed by atoms with Gasteiger partial charge in [-0.1, -0.05) is 17.7 Å². The second kappa shape index (κ2) is 6.07. The van der Waals surface area contributed by atoms with Crippen molar-refractivity contribution in [1.82, 2.24) is 0 Å². The van der Waals surface area contributed by atoms with E-state index in [1.807, 2.05) is 0 Å². The van der Waals surface area contributed by atoms with Gasteiger partial charge in [-0.2, -0.15) is 0 Å². The lowest BCUT2D eigenvalue weighted by atomic mass is 10.1. The molecule has 0 amide bonds. The number of halogens is 2. The summed E-state index contributed by atoms with van der Waals surface area (Å²) in [4.78, 5) is 10.1. The summed E-state index contributed by atoms with van der Waals surface area (Å²) in [5.41, 5.74) is 0.181. The third-order valence-corrected chi connectivity index (χ3v) is 3.10. The van der Waals surface area contributed by atoms with Gasteiger partial charge in [-0.15, -0.1) is 0 Å². The van der Waals surface area contributed by atoms with Crippen molar-refractivity contribution >= 4 is 17.3 Å². The van der Waals surface area contributed by atoms with E-state index in [0.29, 0.717) is 5.56 Å². The fraction of sp³-hybridized carbons (Fsp3) is 0.143. The molecule has 0 aromatic heterocycles. The zero-order valence-corrected chi connectivity index (χ0v) is 11.7. The monoisotopic (exact) mass is 311 g/mol. The van der Waals surface area contributed by atoms with Crippen molar-refractivity contribution in [2.75, 3.05) is 0 Å². The van der Waals surface area contributed by atoms with E-state index in [0.717, 1.165) is 12.1 Å². The Morgan fingerprint density at radius 2 is 2.00 bits per heavy atom. The van der Waals surface area contributed by atoms with Gasteiger partial charge in [0.15, 0.2) is 17.3 Å². The van der Waals surface area contributed by atoms with E-state index in [1.54, 1.807) is 0 Å². The van der Waals surface area contributed by atoms with Crippen molar-refractivity contribution in [2.45, 2.75) is 13.0 Å². The Hall–Kier alpha value is -2.18. The normalized spacial score (nSPS) is 12.0. The van der Waals surface area contributed by atoms with Crippen LogP contribution in [0.4, 0.5) is 10.1 Å². The van der Waals surface area contributed by atoms with Crippen LogP contribution in [-0.4, -0.2) is 10.0 Å². The van der Waals surface area contributed by atoms with Gasteiger partial charge >= 0.3 is 0 Å². The summed E-state index contributed by atoms with van der Waals surface area (Å²) in [6.07, 6.45) is -0.810. The number of nitro benzene ring substituents is 1. The third kappa shape index (κ3) is 3.48. The molecule has 7 heteroatoms. The third-order valence-electron chi connectivity index (χ3n) is 2.78. The predicted octanol–water partition coefficient (Wildman–Crippen LogP) is 4.23. The highest BCUT2D eigenvalue weighted by atomic mass is 35.5. The Labute approximate surface area is 124 Å². The van der Waals surface area contributed by atoms with Gasteiger partial charge in [0.25, 0.3) is 5.69 Å². The van der Waals surface area contributed by atoms with Crippen LogP contribution in [0.15, 0.2) is 36.4 Å². The van der Waals surface area contributed by atoms with Gasteiger partial charge in [-0.25, -0.2) is 4.39 Å². The number of non-ortho nitro benzene ring substituents is 1. The molecule has 0 aliphatic heterocycles. The smallest absolute Gasteiger partial charge is 0.273 e. The summed E-state index contributed by atoms with van der Waals surface area (Å²) < 4.78 is 19.1. The molecule has 1 unspecified atom stereocenters. The fourth-order valence-corrected chi connectivity index (χ4v) is 1.82. The van der Waals surface area contributed by atoms with Gasteiger partial charge in [0.1, 0.15) is 0 Å². The Morgan fingerprint density at radius 3 is 2.57 bits per heavy atom. The number of aliphatic hydroxyl groups is 1. The van der Waals surface area contributed by atoms with Crippen molar-refractivity contribution in [3.8, 4) is 11.5 Å². The van der Waals surface area contributed by atoms with Crippen LogP contribution in [0.1, 0.15) is 18.6 Å². The number of aliphatic hydroxyl groups excluding tert-OH is 1. The van der Waals surface area contributed by atoms with Crippen LogP contribution in [0.3, 0.4) is 0 Å². The fourth-order valence-electron chi connectivity index (χ4n) is 1.66. The Balaban J connectivity index is 2.34. The molecule has 2 aromatic carbocycles. The number of ether oxygens (including phenoxy) is 1. The summed E-state index contributed by atoms with van der Waals surface area (Å²) in [6.45, 7) is 1.51. The molecule has 0 bridgehead atoms. The molecule has 2 aromatic rings. The molecule has 0 aliphatic carbocycles. The molecule has 0 radical (unpaired) electrons.